The Morgan fingerprint density at radius 3 is 2.61 bits per heavy atom. The number of rotatable bonds is 6. The maximum atomic E-state index is 9.41. The highest BCUT2D eigenvalue weighted by Gasteiger charge is 2.19. The van der Waals surface area contributed by atoms with E-state index in [1.165, 1.54) is 11.8 Å². The van der Waals surface area contributed by atoms with Gasteiger partial charge in [0.15, 0.2) is 11.0 Å². The van der Waals surface area contributed by atoms with E-state index in [1.807, 2.05) is 44.2 Å². The number of aromatic nitrogens is 5. The third kappa shape index (κ3) is 3.66. The molecule has 3 heterocycles. The lowest BCUT2D eigenvalue weighted by atomic mass is 10.1. The number of nitrogens with zero attached hydrogens (tertiary/aromatic N) is 6. The molecule has 0 aliphatic carbocycles. The van der Waals surface area contributed by atoms with Gasteiger partial charge < -0.3 is 14.6 Å². The molecule has 0 atom stereocenters. The zero-order valence-electron chi connectivity index (χ0n) is 15.8. The van der Waals surface area contributed by atoms with E-state index in [0.717, 1.165) is 32.2 Å². The zero-order valence-corrected chi connectivity index (χ0v) is 17.5. The van der Waals surface area contributed by atoms with Gasteiger partial charge in [0.25, 0.3) is 0 Å². The average molecular weight is 413 g/mol. The van der Waals surface area contributed by atoms with Crippen LogP contribution in [0.25, 0.3) is 21.3 Å². The van der Waals surface area contributed by atoms with E-state index in [4.69, 9.17) is 9.97 Å². The second kappa shape index (κ2) is 7.96. The number of hydrogen-bond acceptors (Lipinski definition) is 8. The summed E-state index contributed by atoms with van der Waals surface area (Å²) in [4.78, 5) is 12.6. The van der Waals surface area contributed by atoms with Crippen LogP contribution in [-0.2, 0) is 20.2 Å². The first kappa shape index (κ1) is 19.0. The molecule has 0 aliphatic heterocycles. The summed E-state index contributed by atoms with van der Waals surface area (Å²) in [5.41, 5.74) is 2.25. The molecule has 0 aliphatic rings. The van der Waals surface area contributed by atoms with Crippen LogP contribution in [-0.4, -0.2) is 48.8 Å². The van der Waals surface area contributed by atoms with Gasteiger partial charge >= 0.3 is 0 Å². The second-order valence-electron chi connectivity index (χ2n) is 6.60. The Hall–Kier alpha value is -2.33. The predicted octanol–water partition coefficient (Wildman–Crippen LogP) is 3.19. The van der Waals surface area contributed by atoms with Crippen molar-refractivity contribution in [1.82, 2.24) is 29.6 Å². The van der Waals surface area contributed by atoms with E-state index in [0.29, 0.717) is 17.5 Å². The number of aliphatic hydroxyl groups is 1. The highest BCUT2D eigenvalue weighted by Crippen LogP contribution is 2.40. The number of hydrogen-bond donors (Lipinski definition) is 1. The molecule has 0 saturated heterocycles. The molecule has 144 valence electrons. The molecule has 1 N–H and O–H groups in total. The Labute approximate surface area is 171 Å². The first-order valence-electron chi connectivity index (χ1n) is 8.72. The maximum absolute atomic E-state index is 9.41. The largest absolute Gasteiger partial charge is 0.388 e. The molecule has 4 rings (SSSR count). The van der Waals surface area contributed by atoms with Gasteiger partial charge in [0.1, 0.15) is 22.3 Å². The summed E-state index contributed by atoms with van der Waals surface area (Å²) in [6.07, 6.45) is 0. The van der Waals surface area contributed by atoms with Crippen LogP contribution in [0.1, 0.15) is 11.6 Å². The lowest BCUT2D eigenvalue weighted by molar-refractivity contribution is 0.266. The molecule has 28 heavy (non-hydrogen) atoms. The summed E-state index contributed by atoms with van der Waals surface area (Å²) in [6, 6.07) is 10.3. The molecule has 0 radical (unpaired) electrons. The van der Waals surface area contributed by atoms with Gasteiger partial charge in [-0.2, -0.15) is 0 Å². The molecule has 0 unspecified atom stereocenters. The molecule has 0 saturated carbocycles. The molecular weight excluding hydrogens is 392 g/mol. The van der Waals surface area contributed by atoms with Gasteiger partial charge in [-0.25, -0.2) is 9.97 Å². The van der Waals surface area contributed by atoms with E-state index in [2.05, 4.69) is 27.7 Å². The summed E-state index contributed by atoms with van der Waals surface area (Å²) in [6.45, 7) is 0.506. The minimum absolute atomic E-state index is 0.150. The van der Waals surface area contributed by atoms with Gasteiger partial charge in [0.2, 0.25) is 0 Å². The van der Waals surface area contributed by atoms with Crippen molar-refractivity contribution in [1.29, 1.82) is 0 Å². The number of fused-ring (bicyclic) bond motifs is 1. The molecule has 0 fully saturated rings. The Balaban J connectivity index is 1.87. The maximum Gasteiger partial charge on any atom is 0.197 e. The van der Waals surface area contributed by atoms with Crippen molar-refractivity contribution in [2.75, 3.05) is 14.1 Å². The van der Waals surface area contributed by atoms with Crippen LogP contribution in [0.2, 0.25) is 0 Å². The third-order valence-electron chi connectivity index (χ3n) is 4.24. The van der Waals surface area contributed by atoms with Gasteiger partial charge in [0, 0.05) is 18.0 Å². The normalized spacial score (nSPS) is 11.6. The van der Waals surface area contributed by atoms with Gasteiger partial charge in [-0.15, -0.1) is 21.5 Å². The fraction of sp³-hybridized carbons (Fsp3) is 0.263. The minimum Gasteiger partial charge on any atom is -0.388 e. The first-order valence-corrected chi connectivity index (χ1v) is 10.4. The lowest BCUT2D eigenvalue weighted by Gasteiger charge is -2.11. The molecule has 0 spiro atoms. The van der Waals surface area contributed by atoms with Gasteiger partial charge in [-0.05, 0) is 31.4 Å². The quantitative estimate of drug-likeness (QED) is 0.487. The summed E-state index contributed by atoms with van der Waals surface area (Å²) in [5.74, 6) is 1.29. The monoisotopic (exact) mass is 412 g/mol. The number of thiophene rings is 1. The van der Waals surface area contributed by atoms with Crippen LogP contribution in [0.4, 0.5) is 0 Å². The first-order chi connectivity index (χ1) is 13.6. The van der Waals surface area contributed by atoms with E-state index < -0.39 is 0 Å². The van der Waals surface area contributed by atoms with Crippen molar-refractivity contribution in [2.24, 2.45) is 7.05 Å². The minimum atomic E-state index is -0.150. The molecule has 4 aromatic rings. The molecule has 1 aromatic carbocycles. The van der Waals surface area contributed by atoms with Crippen molar-refractivity contribution < 1.29 is 5.11 Å². The molecule has 3 aromatic heterocycles. The molecular formula is C19H20N6OS2. The van der Waals surface area contributed by atoms with E-state index in [9.17, 15) is 5.11 Å². The van der Waals surface area contributed by atoms with E-state index in [1.54, 1.807) is 15.9 Å². The highest BCUT2D eigenvalue weighted by atomic mass is 32.2. The summed E-state index contributed by atoms with van der Waals surface area (Å²) >= 11 is 3.07. The SMILES string of the molecule is CN(C)Cc1nc(Sc2nnc(CO)n2C)c2c(-c3ccccc3)csc2n1. The molecule has 7 nitrogen and oxygen atoms in total. The third-order valence-corrected chi connectivity index (χ3v) is 6.14. The van der Waals surface area contributed by atoms with Crippen molar-refractivity contribution in [3.8, 4) is 11.1 Å². The van der Waals surface area contributed by atoms with Crippen molar-refractivity contribution >= 4 is 33.3 Å². The van der Waals surface area contributed by atoms with E-state index >= 15 is 0 Å². The van der Waals surface area contributed by atoms with Crippen LogP contribution >= 0.6 is 23.1 Å². The fourth-order valence-corrected chi connectivity index (χ4v) is 4.85. The lowest BCUT2D eigenvalue weighted by Crippen LogP contribution is -2.13. The number of aliphatic hydroxyl groups excluding tert-OH is 1. The Kier molecular flexibility index (Phi) is 5.40. The smallest absolute Gasteiger partial charge is 0.197 e. The Bertz CT molecular complexity index is 1110. The summed E-state index contributed by atoms with van der Waals surface area (Å²) in [5, 5.41) is 22.4. The molecule has 0 bridgehead atoms. The number of benzene rings is 1. The van der Waals surface area contributed by atoms with Crippen LogP contribution in [0.3, 0.4) is 0 Å². The van der Waals surface area contributed by atoms with Crippen LogP contribution in [0.15, 0.2) is 45.9 Å². The van der Waals surface area contributed by atoms with Gasteiger partial charge in [0.05, 0.1) is 11.9 Å². The van der Waals surface area contributed by atoms with Crippen LogP contribution in [0.5, 0.6) is 0 Å². The second-order valence-corrected chi connectivity index (χ2v) is 8.41. The fourth-order valence-electron chi connectivity index (χ4n) is 2.87. The van der Waals surface area contributed by atoms with Crippen LogP contribution in [0, 0.1) is 0 Å². The molecule has 0 amide bonds. The van der Waals surface area contributed by atoms with Crippen LogP contribution < -0.4 is 0 Å². The highest BCUT2D eigenvalue weighted by molar-refractivity contribution is 7.99. The van der Waals surface area contributed by atoms with Gasteiger partial charge in [-0.1, -0.05) is 30.3 Å². The van der Waals surface area contributed by atoms with Crippen molar-refractivity contribution in [3.05, 3.63) is 47.4 Å². The van der Waals surface area contributed by atoms with Crippen molar-refractivity contribution in [3.63, 3.8) is 0 Å². The van der Waals surface area contributed by atoms with Gasteiger partial charge in [-0.3, -0.25) is 0 Å². The van der Waals surface area contributed by atoms with E-state index in [-0.39, 0.29) is 6.61 Å². The topological polar surface area (TPSA) is 80.0 Å². The predicted molar refractivity (Wildman–Crippen MR) is 111 cm³/mol. The molecule has 9 heteroatoms. The Morgan fingerprint density at radius 2 is 1.93 bits per heavy atom. The van der Waals surface area contributed by atoms with Crippen molar-refractivity contribution in [2.45, 2.75) is 23.3 Å². The standard InChI is InChI=1S/C19H20N6OS2/c1-24(2)9-14-20-17-16(13(11-27-17)12-7-5-4-6-8-12)18(21-14)28-19-23-22-15(10-26)25(19)3/h4-8,11,26H,9-10H2,1-3H3. The Morgan fingerprint density at radius 1 is 1.14 bits per heavy atom. The summed E-state index contributed by atoms with van der Waals surface area (Å²) < 4.78 is 1.79. The average Bonchev–Trinajstić information content (AvgIpc) is 3.26. The summed E-state index contributed by atoms with van der Waals surface area (Å²) in [7, 11) is 5.85. The zero-order chi connectivity index (χ0) is 19.7.